The summed E-state index contributed by atoms with van der Waals surface area (Å²) in [6.45, 7) is 5.50. The van der Waals surface area contributed by atoms with Crippen LogP contribution in [-0.2, 0) is 6.42 Å². The van der Waals surface area contributed by atoms with Crippen LogP contribution in [0.25, 0.3) is 0 Å². The second-order valence-corrected chi connectivity index (χ2v) is 10.3. The molecule has 216 valence electrons. The summed E-state index contributed by atoms with van der Waals surface area (Å²) in [5, 5.41) is 8.87. The van der Waals surface area contributed by atoms with E-state index < -0.39 is 0 Å². The van der Waals surface area contributed by atoms with E-state index in [9.17, 15) is 9.59 Å². The molecule has 5 rings (SSSR count). The van der Waals surface area contributed by atoms with Crippen LogP contribution in [0.3, 0.4) is 0 Å². The fourth-order valence-corrected chi connectivity index (χ4v) is 5.21. The number of rotatable bonds is 9. The van der Waals surface area contributed by atoms with Crippen molar-refractivity contribution in [1.82, 2.24) is 5.32 Å². The highest BCUT2D eigenvalue weighted by molar-refractivity contribution is 6.04. The molecular weight excluding hydrogens is 526 g/mol. The van der Waals surface area contributed by atoms with E-state index in [0.717, 1.165) is 66.5 Å². The van der Waals surface area contributed by atoms with Gasteiger partial charge in [-0.25, -0.2) is 4.79 Å². The Kier molecular flexibility index (Phi) is 9.23. The number of anilines is 4. The van der Waals surface area contributed by atoms with E-state index in [1.54, 1.807) is 13.2 Å². The standard InChI is InChI=1S/C34H37N5O3/c1-25-10-6-7-13-29(25)37-34(41)36-27-16-17-30(28(24-27)33(40)35-19-18-26-11-4-3-5-12-26)38-20-22-39(23-21-38)31-14-8-9-15-32(31)42-2/h3-17,24H,18-23H2,1-2H3,(H,35,40)(H2,36,37,41). The van der Waals surface area contributed by atoms with Crippen LogP contribution in [0.5, 0.6) is 5.75 Å². The van der Waals surface area contributed by atoms with E-state index in [4.69, 9.17) is 4.74 Å². The lowest BCUT2D eigenvalue weighted by molar-refractivity contribution is 0.0954. The van der Waals surface area contributed by atoms with E-state index in [2.05, 4.69) is 43.9 Å². The lowest BCUT2D eigenvalue weighted by Crippen LogP contribution is -2.47. The molecule has 0 saturated carbocycles. The summed E-state index contributed by atoms with van der Waals surface area (Å²) in [4.78, 5) is 30.9. The molecule has 0 spiro atoms. The Bertz CT molecular complexity index is 1520. The quantitative estimate of drug-likeness (QED) is 0.235. The molecule has 4 aromatic carbocycles. The predicted octanol–water partition coefficient (Wildman–Crippen LogP) is 5.95. The van der Waals surface area contributed by atoms with Crippen LogP contribution in [0.1, 0.15) is 21.5 Å². The third-order valence-corrected chi connectivity index (χ3v) is 7.48. The Balaban J connectivity index is 1.32. The van der Waals surface area contributed by atoms with E-state index in [0.29, 0.717) is 17.8 Å². The average Bonchev–Trinajstić information content (AvgIpc) is 3.02. The van der Waals surface area contributed by atoms with Crippen molar-refractivity contribution >= 4 is 34.7 Å². The van der Waals surface area contributed by atoms with Crippen LogP contribution in [0.15, 0.2) is 97.1 Å². The minimum absolute atomic E-state index is 0.170. The Morgan fingerprint density at radius 3 is 2.17 bits per heavy atom. The van der Waals surface area contributed by atoms with Gasteiger partial charge in [0.25, 0.3) is 5.91 Å². The first kappa shape index (κ1) is 28.5. The number of nitrogens with zero attached hydrogens (tertiary/aromatic N) is 2. The molecule has 4 aromatic rings. The molecule has 42 heavy (non-hydrogen) atoms. The van der Waals surface area contributed by atoms with E-state index in [1.807, 2.05) is 79.7 Å². The SMILES string of the molecule is COc1ccccc1N1CCN(c2ccc(NC(=O)Nc3ccccc3C)cc2C(=O)NCCc2ccccc2)CC1. The van der Waals surface area contributed by atoms with Crippen molar-refractivity contribution in [3.63, 3.8) is 0 Å². The van der Waals surface area contributed by atoms with Gasteiger partial charge in [0.05, 0.1) is 18.4 Å². The normalized spacial score (nSPS) is 12.9. The lowest BCUT2D eigenvalue weighted by atomic mass is 10.1. The van der Waals surface area contributed by atoms with Gasteiger partial charge in [-0.05, 0) is 60.9 Å². The van der Waals surface area contributed by atoms with Gasteiger partial charge in [0, 0.05) is 49.8 Å². The number of hydrogen-bond acceptors (Lipinski definition) is 5. The molecular formula is C34H37N5O3. The highest BCUT2D eigenvalue weighted by Crippen LogP contribution is 2.31. The average molecular weight is 564 g/mol. The number of carbonyl (C=O) groups excluding carboxylic acids is 2. The molecule has 0 radical (unpaired) electrons. The molecule has 0 unspecified atom stereocenters. The Morgan fingerprint density at radius 1 is 0.762 bits per heavy atom. The maximum Gasteiger partial charge on any atom is 0.323 e. The van der Waals surface area contributed by atoms with Gasteiger partial charge in [-0.15, -0.1) is 0 Å². The molecule has 0 atom stereocenters. The molecule has 0 aliphatic carbocycles. The van der Waals surface area contributed by atoms with Gasteiger partial charge in [0.2, 0.25) is 0 Å². The molecule has 1 aliphatic heterocycles. The van der Waals surface area contributed by atoms with Crippen LogP contribution in [0.2, 0.25) is 0 Å². The highest BCUT2D eigenvalue weighted by Gasteiger charge is 2.24. The van der Waals surface area contributed by atoms with Crippen molar-refractivity contribution in [3.8, 4) is 5.75 Å². The number of para-hydroxylation sites is 3. The van der Waals surface area contributed by atoms with E-state index in [-0.39, 0.29) is 11.9 Å². The maximum absolute atomic E-state index is 13.5. The smallest absolute Gasteiger partial charge is 0.323 e. The van der Waals surface area contributed by atoms with Gasteiger partial charge in [-0.2, -0.15) is 0 Å². The van der Waals surface area contributed by atoms with Gasteiger partial charge in [-0.1, -0.05) is 60.7 Å². The number of urea groups is 1. The highest BCUT2D eigenvalue weighted by atomic mass is 16.5. The molecule has 1 aliphatic rings. The molecule has 0 aromatic heterocycles. The predicted molar refractivity (Wildman–Crippen MR) is 170 cm³/mol. The van der Waals surface area contributed by atoms with Gasteiger partial charge in [0.1, 0.15) is 5.75 Å². The number of piperazine rings is 1. The first-order valence-corrected chi connectivity index (χ1v) is 14.2. The largest absolute Gasteiger partial charge is 0.495 e. The van der Waals surface area contributed by atoms with E-state index >= 15 is 0 Å². The van der Waals surface area contributed by atoms with Gasteiger partial charge >= 0.3 is 6.03 Å². The molecule has 8 nitrogen and oxygen atoms in total. The summed E-state index contributed by atoms with van der Waals surface area (Å²) in [7, 11) is 1.69. The third-order valence-electron chi connectivity index (χ3n) is 7.48. The molecule has 0 bridgehead atoms. The van der Waals surface area contributed by atoms with Crippen LogP contribution in [-0.4, -0.2) is 51.8 Å². The van der Waals surface area contributed by atoms with Crippen LogP contribution in [0.4, 0.5) is 27.5 Å². The first-order valence-electron chi connectivity index (χ1n) is 14.2. The summed E-state index contributed by atoms with van der Waals surface area (Å²) < 4.78 is 5.57. The second kappa shape index (κ2) is 13.6. The zero-order valence-corrected chi connectivity index (χ0v) is 24.1. The van der Waals surface area contributed by atoms with Crippen molar-refractivity contribution in [2.24, 2.45) is 0 Å². The zero-order valence-electron chi connectivity index (χ0n) is 24.1. The number of ether oxygens (including phenoxy) is 1. The summed E-state index contributed by atoms with van der Waals surface area (Å²) in [5.41, 5.74) is 5.85. The third kappa shape index (κ3) is 7.01. The Morgan fingerprint density at radius 2 is 1.43 bits per heavy atom. The summed E-state index contributed by atoms with van der Waals surface area (Å²) >= 11 is 0. The van der Waals surface area contributed by atoms with Crippen molar-refractivity contribution < 1.29 is 14.3 Å². The molecule has 8 heteroatoms. The van der Waals surface area contributed by atoms with Gasteiger partial charge in [0.15, 0.2) is 0 Å². The summed E-state index contributed by atoms with van der Waals surface area (Å²) in [6, 6.07) is 30.9. The van der Waals surface area contributed by atoms with Gasteiger partial charge in [-0.3, -0.25) is 4.79 Å². The molecule has 1 heterocycles. The number of benzene rings is 4. The van der Waals surface area contributed by atoms with Crippen LogP contribution < -0.4 is 30.5 Å². The van der Waals surface area contributed by atoms with Crippen LogP contribution in [0, 0.1) is 6.92 Å². The number of nitrogens with one attached hydrogen (secondary N) is 3. The molecule has 3 amide bonds. The first-order chi connectivity index (χ1) is 20.5. The summed E-state index contributed by atoms with van der Waals surface area (Å²) in [6.07, 6.45) is 0.732. The topological polar surface area (TPSA) is 85.9 Å². The minimum atomic E-state index is -0.363. The Hall–Kier alpha value is -4.98. The summed E-state index contributed by atoms with van der Waals surface area (Å²) in [5.74, 6) is 0.680. The Labute approximate surface area is 247 Å². The maximum atomic E-state index is 13.5. The fourth-order valence-electron chi connectivity index (χ4n) is 5.21. The monoisotopic (exact) mass is 563 g/mol. The molecule has 1 saturated heterocycles. The number of methoxy groups -OCH3 is 1. The number of carbonyl (C=O) groups is 2. The molecule has 1 fully saturated rings. The van der Waals surface area contributed by atoms with Gasteiger partial charge < -0.3 is 30.5 Å². The number of aryl methyl sites for hydroxylation is 1. The van der Waals surface area contributed by atoms with Crippen molar-refractivity contribution in [1.29, 1.82) is 0 Å². The molecule has 3 N–H and O–H groups in total. The van der Waals surface area contributed by atoms with Crippen molar-refractivity contribution in [2.45, 2.75) is 13.3 Å². The zero-order chi connectivity index (χ0) is 29.3. The van der Waals surface area contributed by atoms with Crippen molar-refractivity contribution in [3.05, 3.63) is 114 Å². The lowest BCUT2D eigenvalue weighted by Gasteiger charge is -2.38. The number of amides is 3. The van der Waals surface area contributed by atoms with Crippen molar-refractivity contribution in [2.75, 3.05) is 60.3 Å². The fraction of sp³-hybridized carbons (Fsp3) is 0.235. The minimum Gasteiger partial charge on any atom is -0.495 e. The second-order valence-electron chi connectivity index (χ2n) is 10.3. The number of hydrogen-bond donors (Lipinski definition) is 3. The van der Waals surface area contributed by atoms with E-state index in [1.165, 1.54) is 0 Å². The van der Waals surface area contributed by atoms with Crippen LogP contribution >= 0.6 is 0 Å².